The third-order valence-corrected chi connectivity index (χ3v) is 4.98. The SMILES string of the molecule is CNCCCN(C)C(=O)N1C(C(=O)O)CSC1C(C)C. The second-order valence-corrected chi connectivity index (χ2v) is 6.54. The molecule has 1 aliphatic heterocycles. The largest absolute Gasteiger partial charge is 0.480 e. The van der Waals surface area contributed by atoms with Gasteiger partial charge in [0.2, 0.25) is 0 Å². The number of carboxylic acids is 1. The van der Waals surface area contributed by atoms with Gasteiger partial charge in [0, 0.05) is 19.3 Å². The summed E-state index contributed by atoms with van der Waals surface area (Å²) in [6.45, 7) is 5.49. The van der Waals surface area contributed by atoms with E-state index in [2.05, 4.69) is 5.32 Å². The number of amides is 2. The van der Waals surface area contributed by atoms with E-state index >= 15 is 0 Å². The maximum absolute atomic E-state index is 12.5. The van der Waals surface area contributed by atoms with E-state index < -0.39 is 12.0 Å². The molecule has 0 saturated carbocycles. The van der Waals surface area contributed by atoms with Crippen molar-refractivity contribution in [3.63, 3.8) is 0 Å². The fourth-order valence-electron chi connectivity index (χ4n) is 2.26. The molecule has 1 heterocycles. The molecule has 0 aromatic heterocycles. The van der Waals surface area contributed by atoms with Crippen molar-refractivity contribution >= 4 is 23.8 Å². The quantitative estimate of drug-likeness (QED) is 0.720. The molecule has 2 N–H and O–H groups in total. The number of urea groups is 1. The van der Waals surface area contributed by atoms with E-state index in [9.17, 15) is 14.7 Å². The van der Waals surface area contributed by atoms with Crippen molar-refractivity contribution in [2.45, 2.75) is 31.7 Å². The maximum Gasteiger partial charge on any atom is 0.327 e. The Bertz CT molecular complexity index is 352. The molecule has 0 bridgehead atoms. The number of rotatable bonds is 6. The summed E-state index contributed by atoms with van der Waals surface area (Å²) in [7, 11) is 3.60. The number of thioether (sulfide) groups is 1. The van der Waals surface area contributed by atoms with Crippen molar-refractivity contribution < 1.29 is 14.7 Å². The summed E-state index contributed by atoms with van der Waals surface area (Å²) in [4.78, 5) is 27.0. The van der Waals surface area contributed by atoms with Gasteiger partial charge in [-0.1, -0.05) is 13.8 Å². The first kappa shape index (κ1) is 17.1. The summed E-state index contributed by atoms with van der Waals surface area (Å²) in [5.41, 5.74) is 0. The van der Waals surface area contributed by atoms with Crippen LogP contribution in [0.15, 0.2) is 0 Å². The molecule has 20 heavy (non-hydrogen) atoms. The van der Waals surface area contributed by atoms with Crippen molar-refractivity contribution in [1.29, 1.82) is 0 Å². The summed E-state index contributed by atoms with van der Waals surface area (Å²) in [5.74, 6) is -0.217. The second-order valence-electron chi connectivity index (χ2n) is 5.39. The Morgan fingerprint density at radius 1 is 1.50 bits per heavy atom. The molecule has 116 valence electrons. The van der Waals surface area contributed by atoms with Gasteiger partial charge in [0.25, 0.3) is 0 Å². The monoisotopic (exact) mass is 303 g/mol. The number of carboxylic acid groups (broad SMARTS) is 1. The van der Waals surface area contributed by atoms with E-state index in [0.717, 1.165) is 13.0 Å². The van der Waals surface area contributed by atoms with Gasteiger partial charge >= 0.3 is 12.0 Å². The number of nitrogens with one attached hydrogen (secondary N) is 1. The Morgan fingerprint density at radius 2 is 2.15 bits per heavy atom. The van der Waals surface area contributed by atoms with E-state index in [4.69, 9.17) is 0 Å². The smallest absolute Gasteiger partial charge is 0.327 e. The summed E-state index contributed by atoms with van der Waals surface area (Å²) >= 11 is 1.55. The van der Waals surface area contributed by atoms with Crippen molar-refractivity contribution in [3.05, 3.63) is 0 Å². The predicted octanol–water partition coefficient (Wildman–Crippen LogP) is 1.13. The van der Waals surface area contributed by atoms with E-state index in [1.165, 1.54) is 4.90 Å². The molecule has 2 atom stereocenters. The molecule has 1 saturated heterocycles. The first-order chi connectivity index (χ1) is 9.40. The number of aliphatic carboxylic acids is 1. The van der Waals surface area contributed by atoms with Crippen LogP contribution in [0.5, 0.6) is 0 Å². The molecule has 0 aliphatic carbocycles. The Kier molecular flexibility index (Phi) is 6.61. The molecule has 2 unspecified atom stereocenters. The van der Waals surface area contributed by atoms with Crippen LogP contribution in [-0.2, 0) is 4.79 Å². The van der Waals surface area contributed by atoms with Crippen molar-refractivity contribution in [1.82, 2.24) is 15.1 Å². The molecule has 0 aromatic rings. The molecule has 1 fully saturated rings. The predicted molar refractivity (Wildman–Crippen MR) is 80.9 cm³/mol. The van der Waals surface area contributed by atoms with Gasteiger partial charge in [-0.2, -0.15) is 0 Å². The van der Waals surface area contributed by atoms with Gasteiger partial charge in [0.15, 0.2) is 0 Å². The first-order valence-corrected chi connectivity index (χ1v) is 7.97. The summed E-state index contributed by atoms with van der Waals surface area (Å²) in [6, 6.07) is -0.899. The van der Waals surface area contributed by atoms with Crippen LogP contribution in [0.4, 0.5) is 4.79 Å². The standard InChI is InChI=1S/C13H25N3O3S/c1-9(2)11-16(10(8-20-11)12(17)18)13(19)15(4)7-5-6-14-3/h9-11,14H,5-8H2,1-4H3,(H,17,18). The number of hydrogen-bond acceptors (Lipinski definition) is 4. The third kappa shape index (κ3) is 4.02. The highest BCUT2D eigenvalue weighted by Crippen LogP contribution is 2.34. The van der Waals surface area contributed by atoms with E-state index in [1.807, 2.05) is 20.9 Å². The zero-order valence-corrected chi connectivity index (χ0v) is 13.4. The summed E-state index contributed by atoms with van der Waals surface area (Å²) in [6.07, 6.45) is 0.851. The van der Waals surface area contributed by atoms with Gasteiger partial charge in [-0.15, -0.1) is 11.8 Å². The van der Waals surface area contributed by atoms with Gasteiger partial charge in [-0.3, -0.25) is 4.90 Å². The maximum atomic E-state index is 12.5. The average Bonchev–Trinajstić information content (AvgIpc) is 2.82. The highest BCUT2D eigenvalue weighted by atomic mass is 32.2. The lowest BCUT2D eigenvalue weighted by Crippen LogP contribution is -2.52. The van der Waals surface area contributed by atoms with Crippen LogP contribution >= 0.6 is 11.8 Å². The molecule has 6 nitrogen and oxygen atoms in total. The summed E-state index contributed by atoms with van der Waals surface area (Å²) < 4.78 is 0. The molecule has 1 rings (SSSR count). The Morgan fingerprint density at radius 3 is 2.65 bits per heavy atom. The van der Waals surface area contributed by atoms with Crippen LogP contribution in [0.2, 0.25) is 0 Å². The van der Waals surface area contributed by atoms with Gasteiger partial charge in [-0.05, 0) is 25.9 Å². The summed E-state index contributed by atoms with van der Waals surface area (Å²) in [5, 5.41) is 12.3. The number of carbonyl (C=O) groups excluding carboxylic acids is 1. The van der Waals surface area contributed by atoms with Gasteiger partial charge in [0.1, 0.15) is 6.04 Å². The van der Waals surface area contributed by atoms with Crippen LogP contribution in [0.3, 0.4) is 0 Å². The molecule has 7 heteroatoms. The molecule has 0 aromatic carbocycles. The lowest BCUT2D eigenvalue weighted by Gasteiger charge is -2.33. The Balaban J connectivity index is 2.75. The van der Waals surface area contributed by atoms with Crippen molar-refractivity contribution in [3.8, 4) is 0 Å². The van der Waals surface area contributed by atoms with Gasteiger partial charge in [0.05, 0.1) is 5.37 Å². The van der Waals surface area contributed by atoms with E-state index in [0.29, 0.717) is 12.3 Å². The molecular formula is C13H25N3O3S. The molecule has 0 radical (unpaired) electrons. The fraction of sp³-hybridized carbons (Fsp3) is 0.846. The Hall–Kier alpha value is -0.950. The zero-order chi connectivity index (χ0) is 15.3. The van der Waals surface area contributed by atoms with Crippen LogP contribution in [0.25, 0.3) is 0 Å². The third-order valence-electron chi connectivity index (χ3n) is 3.36. The average molecular weight is 303 g/mol. The van der Waals surface area contributed by atoms with Crippen molar-refractivity contribution in [2.75, 3.05) is 32.9 Å². The topological polar surface area (TPSA) is 72.9 Å². The molecular weight excluding hydrogens is 278 g/mol. The molecule has 2 amide bonds. The van der Waals surface area contributed by atoms with E-state index in [1.54, 1.807) is 23.7 Å². The Labute approximate surface area is 124 Å². The van der Waals surface area contributed by atoms with Crippen LogP contribution in [-0.4, -0.2) is 71.3 Å². The zero-order valence-electron chi connectivity index (χ0n) is 12.6. The van der Waals surface area contributed by atoms with Crippen LogP contribution in [0, 0.1) is 5.92 Å². The van der Waals surface area contributed by atoms with Crippen LogP contribution < -0.4 is 5.32 Å². The lowest BCUT2D eigenvalue weighted by molar-refractivity contribution is -0.141. The van der Waals surface area contributed by atoms with Gasteiger partial charge < -0.3 is 15.3 Å². The van der Waals surface area contributed by atoms with E-state index in [-0.39, 0.29) is 17.3 Å². The number of hydrogen-bond donors (Lipinski definition) is 2. The lowest BCUT2D eigenvalue weighted by atomic mass is 10.1. The van der Waals surface area contributed by atoms with Crippen molar-refractivity contribution in [2.24, 2.45) is 5.92 Å². The minimum absolute atomic E-state index is 0.0599. The fourth-order valence-corrected chi connectivity index (χ4v) is 3.72. The van der Waals surface area contributed by atoms with Crippen LogP contribution in [0.1, 0.15) is 20.3 Å². The normalized spacial score (nSPS) is 22.4. The first-order valence-electron chi connectivity index (χ1n) is 6.92. The highest BCUT2D eigenvalue weighted by Gasteiger charge is 2.43. The molecule has 1 aliphatic rings. The second kappa shape index (κ2) is 7.73. The highest BCUT2D eigenvalue weighted by molar-refractivity contribution is 8.00. The molecule has 0 spiro atoms. The minimum Gasteiger partial charge on any atom is -0.480 e. The minimum atomic E-state index is -0.919. The van der Waals surface area contributed by atoms with Gasteiger partial charge in [-0.25, -0.2) is 9.59 Å². The number of nitrogens with zero attached hydrogens (tertiary/aromatic N) is 2. The number of carbonyl (C=O) groups is 2.